The van der Waals surface area contributed by atoms with Crippen LogP contribution in [0.15, 0.2) is 35.7 Å². The van der Waals surface area contributed by atoms with Gasteiger partial charge in [-0.05, 0) is 50.6 Å². The van der Waals surface area contributed by atoms with Gasteiger partial charge in [-0.15, -0.1) is 0 Å². The van der Waals surface area contributed by atoms with Gasteiger partial charge in [0.25, 0.3) is 0 Å². The van der Waals surface area contributed by atoms with E-state index in [0.29, 0.717) is 19.4 Å². The van der Waals surface area contributed by atoms with Crippen molar-refractivity contribution in [3.63, 3.8) is 0 Å². The Bertz CT molecular complexity index is 914. The van der Waals surface area contributed by atoms with Gasteiger partial charge < -0.3 is 9.88 Å². The van der Waals surface area contributed by atoms with E-state index in [2.05, 4.69) is 30.9 Å². The number of nitrogens with zero attached hydrogens (tertiary/aromatic N) is 4. The van der Waals surface area contributed by atoms with Gasteiger partial charge in [0, 0.05) is 30.9 Å². The van der Waals surface area contributed by atoms with Crippen LogP contribution < -0.4 is 5.32 Å². The Labute approximate surface area is 163 Å². The van der Waals surface area contributed by atoms with Crippen molar-refractivity contribution in [2.24, 2.45) is 0 Å². The van der Waals surface area contributed by atoms with Crippen LogP contribution in [0.1, 0.15) is 29.8 Å². The summed E-state index contributed by atoms with van der Waals surface area (Å²) in [5.74, 6) is 0.0678. The molecule has 1 aromatic carbocycles. The molecule has 0 fully saturated rings. The zero-order valence-electron chi connectivity index (χ0n) is 16.0. The van der Waals surface area contributed by atoms with E-state index in [1.165, 1.54) is 11.8 Å². The van der Waals surface area contributed by atoms with Crippen molar-refractivity contribution in [3.05, 3.63) is 47.5 Å². The topological polar surface area (TPSA) is 72.7 Å². The third-order valence-electron chi connectivity index (χ3n) is 4.61. The summed E-state index contributed by atoms with van der Waals surface area (Å²) in [7, 11) is 0. The van der Waals surface area contributed by atoms with Crippen molar-refractivity contribution in [1.29, 1.82) is 0 Å². The molecule has 7 heteroatoms. The largest absolute Gasteiger partial charge is 0.356 e. The maximum Gasteiger partial charge on any atom is 0.220 e. The highest BCUT2D eigenvalue weighted by Crippen LogP contribution is 2.17. The smallest absolute Gasteiger partial charge is 0.220 e. The molecule has 3 aromatic rings. The normalized spacial score (nSPS) is 11.1. The minimum Gasteiger partial charge on any atom is -0.356 e. The molecule has 0 saturated heterocycles. The Kier molecular flexibility index (Phi) is 6.45. The van der Waals surface area contributed by atoms with E-state index in [-0.39, 0.29) is 5.91 Å². The lowest BCUT2D eigenvalue weighted by Gasteiger charge is -2.10. The Morgan fingerprint density at radius 3 is 2.67 bits per heavy atom. The predicted molar refractivity (Wildman–Crippen MR) is 109 cm³/mol. The van der Waals surface area contributed by atoms with Gasteiger partial charge in [0.1, 0.15) is 0 Å². The number of aromatic nitrogens is 4. The van der Waals surface area contributed by atoms with Crippen LogP contribution in [0.2, 0.25) is 0 Å². The van der Waals surface area contributed by atoms with Crippen molar-refractivity contribution in [3.8, 4) is 0 Å². The maximum absolute atomic E-state index is 12.2. The first-order chi connectivity index (χ1) is 13.1. The summed E-state index contributed by atoms with van der Waals surface area (Å²) in [4.78, 5) is 25.5. The zero-order valence-corrected chi connectivity index (χ0v) is 16.8. The van der Waals surface area contributed by atoms with Crippen LogP contribution in [0, 0.1) is 13.8 Å². The number of carbonyl (C=O) groups is 1. The number of benzene rings is 1. The molecule has 0 bridgehead atoms. The SMILES string of the molecule is CSc1nc(C)c(CCC(=O)NCCCn2cnc3ccccc32)c(C)n1. The fraction of sp³-hybridized carbons (Fsp3) is 0.400. The molecule has 2 heterocycles. The standard InChI is InChI=1S/C20H25N5OS/c1-14-16(15(2)24-20(23-14)27-3)9-10-19(26)21-11-6-12-25-13-22-17-7-4-5-8-18(17)25/h4-5,7-8,13H,6,9-12H2,1-3H3,(H,21,26). The Morgan fingerprint density at radius 2 is 1.93 bits per heavy atom. The van der Waals surface area contributed by atoms with Gasteiger partial charge in [0.2, 0.25) is 5.91 Å². The maximum atomic E-state index is 12.2. The second-order valence-corrected chi connectivity index (χ2v) is 7.26. The molecule has 27 heavy (non-hydrogen) atoms. The van der Waals surface area contributed by atoms with Gasteiger partial charge in [-0.3, -0.25) is 4.79 Å². The van der Waals surface area contributed by atoms with Gasteiger partial charge in [0.05, 0.1) is 17.4 Å². The van der Waals surface area contributed by atoms with E-state index in [0.717, 1.165) is 46.1 Å². The van der Waals surface area contributed by atoms with Crippen molar-refractivity contribution in [2.75, 3.05) is 12.8 Å². The highest BCUT2D eigenvalue weighted by molar-refractivity contribution is 7.98. The number of fused-ring (bicyclic) bond motifs is 1. The molecule has 0 spiro atoms. The molecule has 0 radical (unpaired) electrons. The second-order valence-electron chi connectivity index (χ2n) is 6.49. The fourth-order valence-electron chi connectivity index (χ4n) is 3.15. The van der Waals surface area contributed by atoms with Crippen molar-refractivity contribution >= 4 is 28.7 Å². The third kappa shape index (κ3) is 4.86. The number of hydrogen-bond acceptors (Lipinski definition) is 5. The molecule has 0 aliphatic rings. The monoisotopic (exact) mass is 383 g/mol. The lowest BCUT2D eigenvalue weighted by molar-refractivity contribution is -0.121. The van der Waals surface area contributed by atoms with Crippen LogP contribution >= 0.6 is 11.8 Å². The minimum atomic E-state index is 0.0678. The van der Waals surface area contributed by atoms with Gasteiger partial charge in [-0.1, -0.05) is 23.9 Å². The van der Waals surface area contributed by atoms with E-state index in [1.807, 2.05) is 44.6 Å². The first kappa shape index (κ1) is 19.4. The lowest BCUT2D eigenvalue weighted by atomic mass is 10.1. The molecule has 0 aliphatic heterocycles. The number of para-hydroxylation sites is 2. The Morgan fingerprint density at radius 1 is 1.19 bits per heavy atom. The van der Waals surface area contributed by atoms with E-state index in [9.17, 15) is 4.79 Å². The van der Waals surface area contributed by atoms with Gasteiger partial charge in [-0.25, -0.2) is 15.0 Å². The average Bonchev–Trinajstić information content (AvgIpc) is 3.07. The minimum absolute atomic E-state index is 0.0678. The highest BCUT2D eigenvalue weighted by Gasteiger charge is 2.10. The van der Waals surface area contributed by atoms with Crippen LogP contribution in [-0.4, -0.2) is 38.2 Å². The molecular formula is C20H25N5OS. The van der Waals surface area contributed by atoms with Crippen LogP contribution in [0.5, 0.6) is 0 Å². The van der Waals surface area contributed by atoms with Crippen LogP contribution in [-0.2, 0) is 17.8 Å². The second kappa shape index (κ2) is 8.99. The summed E-state index contributed by atoms with van der Waals surface area (Å²) >= 11 is 1.54. The fourth-order valence-corrected chi connectivity index (χ4v) is 3.61. The summed E-state index contributed by atoms with van der Waals surface area (Å²) in [6.07, 6.45) is 5.82. The zero-order chi connectivity index (χ0) is 19.2. The number of carbonyl (C=O) groups excluding carboxylic acids is 1. The number of imidazole rings is 1. The number of amides is 1. The van der Waals surface area contributed by atoms with Crippen molar-refractivity contribution in [2.45, 2.75) is 44.8 Å². The molecule has 2 aromatic heterocycles. The van der Waals surface area contributed by atoms with E-state index < -0.39 is 0 Å². The van der Waals surface area contributed by atoms with Crippen molar-refractivity contribution < 1.29 is 4.79 Å². The van der Waals surface area contributed by atoms with Crippen LogP contribution in [0.3, 0.4) is 0 Å². The van der Waals surface area contributed by atoms with Crippen molar-refractivity contribution in [1.82, 2.24) is 24.8 Å². The molecular weight excluding hydrogens is 358 g/mol. The summed E-state index contributed by atoms with van der Waals surface area (Å²) in [5.41, 5.74) is 5.14. The van der Waals surface area contributed by atoms with Crippen LogP contribution in [0.25, 0.3) is 11.0 Å². The Balaban J connectivity index is 1.44. The molecule has 1 amide bonds. The van der Waals surface area contributed by atoms with Crippen LogP contribution in [0.4, 0.5) is 0 Å². The van der Waals surface area contributed by atoms with E-state index in [1.54, 1.807) is 0 Å². The van der Waals surface area contributed by atoms with Gasteiger partial charge in [0.15, 0.2) is 5.16 Å². The summed E-state index contributed by atoms with van der Waals surface area (Å²) < 4.78 is 2.12. The van der Waals surface area contributed by atoms with E-state index >= 15 is 0 Å². The quantitative estimate of drug-likeness (QED) is 0.367. The predicted octanol–water partition coefficient (Wildman–Crippen LogP) is 3.30. The lowest BCUT2D eigenvalue weighted by Crippen LogP contribution is -2.25. The summed E-state index contributed by atoms with van der Waals surface area (Å²) in [5, 5.41) is 3.79. The number of hydrogen-bond donors (Lipinski definition) is 1. The highest BCUT2D eigenvalue weighted by atomic mass is 32.2. The molecule has 0 atom stereocenters. The van der Waals surface area contributed by atoms with Gasteiger partial charge >= 0.3 is 0 Å². The molecule has 0 aliphatic carbocycles. The first-order valence-corrected chi connectivity index (χ1v) is 10.4. The molecule has 0 saturated carbocycles. The molecule has 142 valence electrons. The number of thioether (sulfide) groups is 1. The number of rotatable bonds is 8. The molecule has 6 nitrogen and oxygen atoms in total. The third-order valence-corrected chi connectivity index (χ3v) is 5.16. The molecule has 1 N–H and O–H groups in total. The summed E-state index contributed by atoms with van der Waals surface area (Å²) in [6, 6.07) is 8.08. The number of aryl methyl sites for hydroxylation is 3. The summed E-state index contributed by atoms with van der Waals surface area (Å²) in [6.45, 7) is 5.46. The first-order valence-electron chi connectivity index (χ1n) is 9.13. The Hall–Kier alpha value is -2.41. The number of nitrogens with one attached hydrogen (secondary N) is 1. The van der Waals surface area contributed by atoms with E-state index in [4.69, 9.17) is 0 Å². The average molecular weight is 384 g/mol. The molecule has 0 unspecified atom stereocenters. The molecule has 3 rings (SSSR count). The van der Waals surface area contributed by atoms with Gasteiger partial charge in [-0.2, -0.15) is 0 Å².